The second-order valence-electron chi connectivity index (χ2n) is 5.53. The van der Waals surface area contributed by atoms with Crippen molar-refractivity contribution in [2.45, 2.75) is 13.0 Å². The number of hydrogen-bond acceptors (Lipinski definition) is 3. The monoisotopic (exact) mass is 310 g/mol. The van der Waals surface area contributed by atoms with Crippen molar-refractivity contribution < 1.29 is 10.0 Å². The molecule has 118 valence electrons. The van der Waals surface area contributed by atoms with Crippen LogP contribution in [0.1, 0.15) is 18.5 Å². The highest BCUT2D eigenvalue weighted by Crippen LogP contribution is 2.32. The zero-order valence-corrected chi connectivity index (χ0v) is 13.0. The molecule has 2 aromatic heterocycles. The van der Waals surface area contributed by atoms with Crippen LogP contribution in [0.5, 0.6) is 0 Å². The number of aryl methyl sites for hydroxylation is 1. The van der Waals surface area contributed by atoms with Gasteiger partial charge in [-0.25, -0.2) is 4.79 Å². The van der Waals surface area contributed by atoms with E-state index in [4.69, 9.17) is 5.73 Å². The summed E-state index contributed by atoms with van der Waals surface area (Å²) in [5, 5.41) is 11.3. The molecule has 0 aliphatic carbocycles. The molecule has 0 saturated heterocycles. The minimum absolute atomic E-state index is 0.529. The highest BCUT2D eigenvalue weighted by molar-refractivity contribution is 5.96. The SMILES string of the molecule is CC(c1ccc2c(c1)c(-c1cccnc1)cn2C)N(O)C(N)=O. The lowest BCUT2D eigenvalue weighted by Crippen LogP contribution is -2.34. The Hall–Kier alpha value is -2.86. The molecular formula is C17H18N4O2. The van der Waals surface area contributed by atoms with Crippen molar-refractivity contribution in [3.8, 4) is 11.1 Å². The number of nitrogens with zero attached hydrogens (tertiary/aromatic N) is 3. The van der Waals surface area contributed by atoms with Crippen LogP contribution < -0.4 is 5.73 Å². The maximum atomic E-state index is 11.2. The molecule has 0 bridgehead atoms. The van der Waals surface area contributed by atoms with E-state index in [0.717, 1.165) is 27.6 Å². The fourth-order valence-electron chi connectivity index (χ4n) is 2.75. The van der Waals surface area contributed by atoms with Gasteiger partial charge in [-0.15, -0.1) is 0 Å². The maximum absolute atomic E-state index is 11.2. The van der Waals surface area contributed by atoms with Crippen LogP contribution in [0.25, 0.3) is 22.0 Å². The molecule has 6 nitrogen and oxygen atoms in total. The molecule has 0 aliphatic rings. The third kappa shape index (κ3) is 2.64. The molecule has 3 N–H and O–H groups in total. The molecule has 2 amide bonds. The van der Waals surface area contributed by atoms with Gasteiger partial charge in [0.1, 0.15) is 0 Å². The molecular weight excluding hydrogens is 292 g/mol. The Labute approximate surface area is 133 Å². The van der Waals surface area contributed by atoms with Crippen LogP contribution in [0.3, 0.4) is 0 Å². The third-order valence-electron chi connectivity index (χ3n) is 4.06. The van der Waals surface area contributed by atoms with Crippen LogP contribution in [0.15, 0.2) is 48.9 Å². The summed E-state index contributed by atoms with van der Waals surface area (Å²) in [5.74, 6) is 0. The summed E-state index contributed by atoms with van der Waals surface area (Å²) in [5.41, 5.74) is 9.06. The smallest absolute Gasteiger partial charge is 0.339 e. The van der Waals surface area contributed by atoms with Gasteiger partial charge in [-0.1, -0.05) is 12.1 Å². The largest absolute Gasteiger partial charge is 0.350 e. The van der Waals surface area contributed by atoms with Gasteiger partial charge in [-0.05, 0) is 30.7 Å². The zero-order valence-electron chi connectivity index (χ0n) is 13.0. The Kier molecular flexibility index (Phi) is 3.75. The molecule has 0 aliphatic heterocycles. The van der Waals surface area contributed by atoms with E-state index in [9.17, 15) is 10.0 Å². The van der Waals surface area contributed by atoms with E-state index in [2.05, 4.69) is 4.98 Å². The quantitative estimate of drug-likeness (QED) is 0.576. The number of primary amides is 1. The van der Waals surface area contributed by atoms with Crippen molar-refractivity contribution in [2.24, 2.45) is 12.8 Å². The van der Waals surface area contributed by atoms with Gasteiger partial charge in [0, 0.05) is 47.7 Å². The summed E-state index contributed by atoms with van der Waals surface area (Å²) in [6, 6.07) is 8.30. The van der Waals surface area contributed by atoms with Crippen LogP contribution in [0.4, 0.5) is 4.79 Å². The summed E-state index contributed by atoms with van der Waals surface area (Å²) in [7, 11) is 1.98. The van der Waals surface area contributed by atoms with Crippen LogP contribution in [0, 0.1) is 0 Å². The molecule has 1 aromatic carbocycles. The van der Waals surface area contributed by atoms with Crippen LogP contribution in [-0.2, 0) is 7.05 Å². The van der Waals surface area contributed by atoms with E-state index in [-0.39, 0.29) is 0 Å². The first-order chi connectivity index (χ1) is 11.0. The third-order valence-corrected chi connectivity index (χ3v) is 4.06. The lowest BCUT2D eigenvalue weighted by atomic mass is 10.0. The number of amides is 2. The molecule has 0 spiro atoms. The first-order valence-corrected chi connectivity index (χ1v) is 7.26. The summed E-state index contributed by atoms with van der Waals surface area (Å²) >= 11 is 0. The van der Waals surface area contributed by atoms with Gasteiger partial charge in [0.05, 0.1) is 6.04 Å². The van der Waals surface area contributed by atoms with E-state index in [0.29, 0.717) is 5.06 Å². The number of benzene rings is 1. The molecule has 23 heavy (non-hydrogen) atoms. The predicted molar refractivity (Wildman–Crippen MR) is 87.8 cm³/mol. The number of hydrogen-bond donors (Lipinski definition) is 2. The van der Waals surface area contributed by atoms with Crippen molar-refractivity contribution in [1.82, 2.24) is 14.6 Å². The molecule has 3 rings (SSSR count). The molecule has 2 heterocycles. The molecule has 1 atom stereocenters. The van der Waals surface area contributed by atoms with Gasteiger partial charge in [0.15, 0.2) is 0 Å². The maximum Gasteiger partial charge on any atom is 0.339 e. The van der Waals surface area contributed by atoms with Crippen molar-refractivity contribution in [1.29, 1.82) is 0 Å². The van der Waals surface area contributed by atoms with Crippen LogP contribution in [0.2, 0.25) is 0 Å². The van der Waals surface area contributed by atoms with E-state index < -0.39 is 12.1 Å². The number of hydroxylamine groups is 2. The summed E-state index contributed by atoms with van der Waals surface area (Å²) in [6.07, 6.45) is 5.59. The second kappa shape index (κ2) is 5.73. The Morgan fingerprint density at radius 2 is 2.17 bits per heavy atom. The summed E-state index contributed by atoms with van der Waals surface area (Å²) < 4.78 is 2.04. The van der Waals surface area contributed by atoms with Crippen LogP contribution >= 0.6 is 0 Å². The Bertz CT molecular complexity index is 858. The standard InChI is InChI=1S/C17H18N4O2/c1-11(21(23)17(18)22)12-5-6-16-14(8-12)15(10-20(16)2)13-4-3-7-19-9-13/h3-11,23H,1-2H3,(H2,18,22). The van der Waals surface area contributed by atoms with Gasteiger partial charge >= 0.3 is 6.03 Å². The number of urea groups is 1. The van der Waals surface area contributed by atoms with Crippen molar-refractivity contribution in [3.63, 3.8) is 0 Å². The molecule has 1 unspecified atom stereocenters. The van der Waals surface area contributed by atoms with Crippen molar-refractivity contribution >= 4 is 16.9 Å². The topological polar surface area (TPSA) is 84.4 Å². The second-order valence-corrected chi connectivity index (χ2v) is 5.53. The highest BCUT2D eigenvalue weighted by atomic mass is 16.5. The molecule has 0 fully saturated rings. The van der Waals surface area contributed by atoms with Crippen molar-refractivity contribution in [3.05, 3.63) is 54.5 Å². The number of pyridine rings is 1. The summed E-state index contributed by atoms with van der Waals surface area (Å²) in [4.78, 5) is 15.3. The first kappa shape index (κ1) is 15.1. The molecule has 6 heteroatoms. The number of carbonyl (C=O) groups is 1. The van der Waals surface area contributed by atoms with Gasteiger partial charge < -0.3 is 10.3 Å². The first-order valence-electron chi connectivity index (χ1n) is 7.26. The number of fused-ring (bicyclic) bond motifs is 1. The van der Waals surface area contributed by atoms with Crippen molar-refractivity contribution in [2.75, 3.05) is 0 Å². The predicted octanol–water partition coefficient (Wildman–Crippen LogP) is 3.07. The average molecular weight is 310 g/mol. The van der Waals surface area contributed by atoms with E-state index in [1.807, 2.05) is 54.3 Å². The van der Waals surface area contributed by atoms with Gasteiger partial charge in [0.25, 0.3) is 0 Å². The Balaban J connectivity index is 2.14. The summed E-state index contributed by atoms with van der Waals surface area (Å²) in [6.45, 7) is 1.72. The van der Waals surface area contributed by atoms with E-state index >= 15 is 0 Å². The number of aromatic nitrogens is 2. The minimum Gasteiger partial charge on any atom is -0.350 e. The fourth-order valence-corrected chi connectivity index (χ4v) is 2.75. The van der Waals surface area contributed by atoms with Crippen LogP contribution in [-0.4, -0.2) is 25.9 Å². The van der Waals surface area contributed by atoms with E-state index in [1.165, 1.54) is 0 Å². The minimum atomic E-state index is -0.877. The number of carbonyl (C=O) groups excluding carboxylic acids is 1. The number of rotatable bonds is 3. The molecule has 3 aromatic rings. The van der Waals surface area contributed by atoms with Gasteiger partial charge in [0.2, 0.25) is 0 Å². The Morgan fingerprint density at radius 3 is 2.83 bits per heavy atom. The normalized spacial score (nSPS) is 12.3. The lowest BCUT2D eigenvalue weighted by molar-refractivity contribution is -0.0709. The lowest BCUT2D eigenvalue weighted by Gasteiger charge is -2.21. The van der Waals surface area contributed by atoms with Gasteiger partial charge in [-0.3, -0.25) is 10.2 Å². The van der Waals surface area contributed by atoms with Gasteiger partial charge in [-0.2, -0.15) is 5.06 Å². The van der Waals surface area contributed by atoms with E-state index in [1.54, 1.807) is 13.1 Å². The zero-order chi connectivity index (χ0) is 16.6. The molecule has 0 radical (unpaired) electrons. The average Bonchev–Trinajstić information content (AvgIpc) is 2.90. The molecule has 0 saturated carbocycles. The Morgan fingerprint density at radius 1 is 1.39 bits per heavy atom. The fraction of sp³-hybridized carbons (Fsp3) is 0.176. The highest BCUT2D eigenvalue weighted by Gasteiger charge is 2.18. The number of nitrogens with two attached hydrogens (primary N) is 1.